The highest BCUT2D eigenvalue weighted by molar-refractivity contribution is 5.87. The maximum Gasteiger partial charge on any atom is 0.335 e. The normalized spacial score (nSPS) is 11.3. The van der Waals surface area contributed by atoms with Crippen LogP contribution in [0.4, 0.5) is 0 Å². The zero-order valence-electron chi connectivity index (χ0n) is 19.6. The molecule has 0 saturated heterocycles. The van der Waals surface area contributed by atoms with Gasteiger partial charge in [0.15, 0.2) is 23.0 Å². The highest BCUT2D eigenvalue weighted by Crippen LogP contribution is 2.28. The topological polar surface area (TPSA) is 114 Å². The summed E-state index contributed by atoms with van der Waals surface area (Å²) < 4.78 is 12.0. The Morgan fingerprint density at radius 1 is 0.778 bits per heavy atom. The minimum absolute atomic E-state index is 0.0523. The number of ether oxygens (including phenoxy) is 2. The van der Waals surface area contributed by atoms with E-state index in [1.54, 1.807) is 53.2 Å². The van der Waals surface area contributed by atoms with Crippen molar-refractivity contribution in [2.24, 2.45) is 0 Å². The highest BCUT2D eigenvalue weighted by Gasteiger charge is 2.09. The molecule has 0 amide bonds. The van der Waals surface area contributed by atoms with E-state index < -0.39 is 5.97 Å². The van der Waals surface area contributed by atoms with E-state index >= 15 is 0 Å². The van der Waals surface area contributed by atoms with Gasteiger partial charge in [0, 0.05) is 0 Å². The van der Waals surface area contributed by atoms with Crippen LogP contribution in [-0.2, 0) is 0 Å². The predicted octanol–water partition coefficient (Wildman–Crippen LogP) is 5.34. The van der Waals surface area contributed by atoms with Gasteiger partial charge in [0.1, 0.15) is 0 Å². The summed E-state index contributed by atoms with van der Waals surface area (Å²) in [6.45, 7) is 0. The van der Waals surface area contributed by atoms with E-state index in [4.69, 9.17) is 9.47 Å². The Bertz CT molecular complexity index is 1450. The zero-order valence-corrected chi connectivity index (χ0v) is 19.6. The van der Waals surface area contributed by atoms with Gasteiger partial charge in [-0.2, -0.15) is 5.10 Å². The number of hydrogen-bond acceptors (Lipinski definition) is 6. The summed E-state index contributed by atoms with van der Waals surface area (Å²) in [5, 5.41) is 33.5. The van der Waals surface area contributed by atoms with Gasteiger partial charge in [-0.05, 0) is 77.9 Å². The quantitative estimate of drug-likeness (QED) is 0.309. The number of phenolic OH excluding ortho intramolecular Hbond substituents is 2. The Morgan fingerprint density at radius 3 is 1.86 bits per heavy atom. The second kappa shape index (κ2) is 10.5. The van der Waals surface area contributed by atoms with Crippen LogP contribution >= 0.6 is 0 Å². The van der Waals surface area contributed by atoms with Crippen LogP contribution < -0.4 is 9.47 Å². The first-order chi connectivity index (χ1) is 17.4. The van der Waals surface area contributed by atoms with Crippen LogP contribution in [0.25, 0.3) is 30.0 Å². The largest absolute Gasteiger partial charge is 0.504 e. The molecule has 4 aromatic rings. The zero-order chi connectivity index (χ0) is 25.7. The second-order valence-electron chi connectivity index (χ2n) is 7.79. The molecule has 0 saturated carbocycles. The fraction of sp³-hybridized carbons (Fsp3) is 0.0714. The predicted molar refractivity (Wildman–Crippen MR) is 138 cm³/mol. The number of nitrogens with zero attached hydrogens (tertiary/aromatic N) is 2. The third-order valence-corrected chi connectivity index (χ3v) is 5.42. The number of hydrogen-bond donors (Lipinski definition) is 3. The van der Waals surface area contributed by atoms with E-state index in [0.717, 1.165) is 16.8 Å². The molecule has 0 bridgehead atoms. The van der Waals surface area contributed by atoms with Gasteiger partial charge in [-0.3, -0.25) is 0 Å². The smallest absolute Gasteiger partial charge is 0.335 e. The number of methoxy groups -OCH3 is 2. The summed E-state index contributed by atoms with van der Waals surface area (Å²) in [5.74, 6) is -0.160. The molecule has 1 heterocycles. The summed E-state index contributed by atoms with van der Waals surface area (Å²) in [6.07, 6.45) is 7.40. The molecule has 0 atom stereocenters. The summed E-state index contributed by atoms with van der Waals surface area (Å²) in [6, 6.07) is 18.4. The number of rotatable bonds is 8. The average molecular weight is 485 g/mol. The Labute approximate surface area is 207 Å². The Balaban J connectivity index is 1.71. The third-order valence-electron chi connectivity index (χ3n) is 5.42. The number of aromatic hydroxyl groups is 2. The summed E-state index contributed by atoms with van der Waals surface area (Å²) >= 11 is 0. The molecule has 0 aliphatic carbocycles. The lowest BCUT2D eigenvalue weighted by atomic mass is 10.1. The van der Waals surface area contributed by atoms with Crippen LogP contribution in [0.15, 0.2) is 66.7 Å². The molecule has 3 aromatic carbocycles. The number of carboxylic acid groups (broad SMARTS) is 1. The second-order valence-corrected chi connectivity index (χ2v) is 7.79. The van der Waals surface area contributed by atoms with Crippen molar-refractivity contribution in [1.82, 2.24) is 9.78 Å². The van der Waals surface area contributed by atoms with Crippen LogP contribution in [0.2, 0.25) is 0 Å². The fourth-order valence-electron chi connectivity index (χ4n) is 3.53. The van der Waals surface area contributed by atoms with Gasteiger partial charge < -0.3 is 24.8 Å². The maximum absolute atomic E-state index is 11.2. The molecular formula is C28H24N2O6. The Hall–Kier alpha value is -4.98. The lowest BCUT2D eigenvalue weighted by Gasteiger charge is -2.06. The lowest BCUT2D eigenvalue weighted by Crippen LogP contribution is -2.01. The van der Waals surface area contributed by atoms with Crippen LogP contribution in [0.1, 0.15) is 32.9 Å². The molecule has 4 rings (SSSR count). The van der Waals surface area contributed by atoms with E-state index in [1.807, 2.05) is 30.4 Å². The van der Waals surface area contributed by atoms with Gasteiger partial charge in [0.05, 0.1) is 36.9 Å². The average Bonchev–Trinajstić information content (AvgIpc) is 3.30. The Kier molecular flexibility index (Phi) is 7.06. The molecule has 0 unspecified atom stereocenters. The van der Waals surface area contributed by atoms with Gasteiger partial charge in [-0.25, -0.2) is 9.48 Å². The standard InChI is InChI=1S/C28H24N2O6/c1-35-26-15-18(5-13-24(26)31)3-9-21-17-23(10-4-19-6-14-25(32)27(16-19)36-2)30(29-21)22-11-7-20(8-12-22)28(33)34/h3-17,31-32H,1-2H3,(H,33,34). The van der Waals surface area contributed by atoms with Crippen molar-refractivity contribution in [3.05, 3.63) is 94.8 Å². The van der Waals surface area contributed by atoms with Gasteiger partial charge >= 0.3 is 5.97 Å². The first-order valence-electron chi connectivity index (χ1n) is 10.9. The van der Waals surface area contributed by atoms with Crippen molar-refractivity contribution in [3.8, 4) is 28.7 Å². The van der Waals surface area contributed by atoms with E-state index in [-0.39, 0.29) is 17.1 Å². The third kappa shape index (κ3) is 5.39. The number of carboxylic acids is 1. The first-order valence-corrected chi connectivity index (χ1v) is 10.9. The first kappa shape index (κ1) is 24.2. The van der Waals surface area contributed by atoms with Crippen molar-refractivity contribution < 1.29 is 29.6 Å². The van der Waals surface area contributed by atoms with Crippen LogP contribution in [0, 0.1) is 0 Å². The van der Waals surface area contributed by atoms with Crippen molar-refractivity contribution in [2.75, 3.05) is 14.2 Å². The fourth-order valence-corrected chi connectivity index (χ4v) is 3.53. The van der Waals surface area contributed by atoms with Gasteiger partial charge in [0.2, 0.25) is 0 Å². The lowest BCUT2D eigenvalue weighted by molar-refractivity contribution is 0.0697. The highest BCUT2D eigenvalue weighted by atomic mass is 16.5. The molecule has 0 fully saturated rings. The SMILES string of the molecule is COc1cc(C=Cc2cc(C=Cc3ccc(O)c(OC)c3)n(-c3ccc(C(=O)O)cc3)n2)ccc1O. The van der Waals surface area contributed by atoms with E-state index in [0.29, 0.717) is 22.9 Å². The number of aromatic carboxylic acids is 1. The molecule has 0 radical (unpaired) electrons. The van der Waals surface area contributed by atoms with Crippen LogP contribution in [-0.4, -0.2) is 45.3 Å². The maximum atomic E-state index is 11.2. The number of phenols is 2. The van der Waals surface area contributed by atoms with Crippen LogP contribution in [0.5, 0.6) is 23.0 Å². The van der Waals surface area contributed by atoms with Crippen molar-refractivity contribution in [3.63, 3.8) is 0 Å². The molecule has 1 aromatic heterocycles. The molecule has 36 heavy (non-hydrogen) atoms. The summed E-state index contributed by atoms with van der Waals surface area (Å²) in [5.41, 5.74) is 3.90. The van der Waals surface area contributed by atoms with E-state index in [9.17, 15) is 20.1 Å². The minimum atomic E-state index is -1.00. The van der Waals surface area contributed by atoms with Crippen molar-refractivity contribution in [2.45, 2.75) is 0 Å². The van der Waals surface area contributed by atoms with E-state index in [2.05, 4.69) is 5.10 Å². The number of aromatic nitrogens is 2. The number of benzene rings is 3. The molecule has 182 valence electrons. The van der Waals surface area contributed by atoms with Gasteiger partial charge in [-0.15, -0.1) is 0 Å². The van der Waals surface area contributed by atoms with Crippen molar-refractivity contribution >= 4 is 30.3 Å². The molecule has 8 heteroatoms. The number of carbonyl (C=O) groups is 1. The molecular weight excluding hydrogens is 460 g/mol. The monoisotopic (exact) mass is 484 g/mol. The molecule has 0 spiro atoms. The van der Waals surface area contributed by atoms with Gasteiger partial charge in [-0.1, -0.05) is 24.3 Å². The molecule has 0 aliphatic heterocycles. The Morgan fingerprint density at radius 2 is 1.33 bits per heavy atom. The van der Waals surface area contributed by atoms with Crippen molar-refractivity contribution in [1.29, 1.82) is 0 Å². The van der Waals surface area contributed by atoms with E-state index in [1.165, 1.54) is 26.4 Å². The van der Waals surface area contributed by atoms with Crippen LogP contribution in [0.3, 0.4) is 0 Å². The molecule has 0 aliphatic rings. The van der Waals surface area contributed by atoms with Gasteiger partial charge in [0.25, 0.3) is 0 Å². The minimum Gasteiger partial charge on any atom is -0.504 e. The summed E-state index contributed by atoms with van der Waals surface area (Å²) in [7, 11) is 2.98. The molecule has 3 N–H and O–H groups in total. The molecule has 8 nitrogen and oxygen atoms in total. The summed E-state index contributed by atoms with van der Waals surface area (Å²) in [4.78, 5) is 11.2.